The fourth-order valence-electron chi connectivity index (χ4n) is 3.43. The second kappa shape index (κ2) is 11.9. The first-order valence-corrected chi connectivity index (χ1v) is 11.1. The summed E-state index contributed by atoms with van der Waals surface area (Å²) in [4.78, 5) is 48.8. The van der Waals surface area contributed by atoms with Crippen LogP contribution in [0.2, 0.25) is 0 Å². The highest BCUT2D eigenvalue weighted by atomic mass is 16.6. The number of carbonyl (C=O) groups excluding carboxylic acids is 4. The summed E-state index contributed by atoms with van der Waals surface area (Å²) < 4.78 is 21.8. The fraction of sp³-hybridized carbons (Fsp3) is 0.600. The van der Waals surface area contributed by atoms with E-state index < -0.39 is 35.7 Å². The molecule has 0 bridgehead atoms. The zero-order valence-corrected chi connectivity index (χ0v) is 21.9. The largest absolute Gasteiger partial charge is 0.489 e. The van der Waals surface area contributed by atoms with Crippen molar-refractivity contribution in [1.82, 2.24) is 4.90 Å². The van der Waals surface area contributed by atoms with Crippen LogP contribution in [0.15, 0.2) is 6.07 Å². The van der Waals surface area contributed by atoms with Gasteiger partial charge < -0.3 is 23.8 Å². The van der Waals surface area contributed by atoms with Crippen LogP contribution in [0.25, 0.3) is 0 Å². The lowest BCUT2D eigenvalue weighted by Crippen LogP contribution is -2.50. The number of amides is 1. The van der Waals surface area contributed by atoms with E-state index in [0.29, 0.717) is 22.6 Å². The van der Waals surface area contributed by atoms with Gasteiger partial charge in [-0.05, 0) is 71.2 Å². The van der Waals surface area contributed by atoms with Gasteiger partial charge in [-0.3, -0.25) is 14.4 Å². The summed E-state index contributed by atoms with van der Waals surface area (Å²) in [5, 5.41) is 0. The van der Waals surface area contributed by atoms with Gasteiger partial charge in [0.05, 0.1) is 6.54 Å². The van der Waals surface area contributed by atoms with Gasteiger partial charge in [0.2, 0.25) is 5.91 Å². The van der Waals surface area contributed by atoms with E-state index >= 15 is 0 Å². The summed E-state index contributed by atoms with van der Waals surface area (Å²) in [6, 6.07) is 1.72. The Hall–Kier alpha value is -3.10. The van der Waals surface area contributed by atoms with Crippen LogP contribution in [-0.4, -0.2) is 59.6 Å². The second-order valence-electron chi connectivity index (χ2n) is 9.29. The van der Waals surface area contributed by atoms with E-state index in [0.717, 1.165) is 5.56 Å². The standard InChI is InChI=1S/C25H37NO8/c1-14-11-22(15(2)16(3)23(14)34-24(30)17(4)32-19(6)28)31-13-21(33-20(7)29)12-26(18(5)27)25(8,9)10/h11,17,21H,12-13H2,1-10H3. The van der Waals surface area contributed by atoms with Crippen molar-refractivity contribution in [3.63, 3.8) is 0 Å². The molecule has 190 valence electrons. The Morgan fingerprint density at radius 3 is 1.97 bits per heavy atom. The van der Waals surface area contributed by atoms with E-state index in [-0.39, 0.29) is 19.1 Å². The van der Waals surface area contributed by atoms with Crippen LogP contribution in [0, 0.1) is 20.8 Å². The van der Waals surface area contributed by atoms with Crippen molar-refractivity contribution in [2.45, 2.75) is 87.0 Å². The summed E-state index contributed by atoms with van der Waals surface area (Å²) in [7, 11) is 0. The number of rotatable bonds is 9. The van der Waals surface area contributed by atoms with Gasteiger partial charge >= 0.3 is 17.9 Å². The molecule has 0 heterocycles. The maximum atomic E-state index is 12.3. The van der Waals surface area contributed by atoms with Crippen LogP contribution in [0.4, 0.5) is 0 Å². The Morgan fingerprint density at radius 2 is 1.50 bits per heavy atom. The molecule has 0 aliphatic heterocycles. The molecule has 0 spiro atoms. The van der Waals surface area contributed by atoms with E-state index in [1.165, 1.54) is 27.7 Å². The van der Waals surface area contributed by atoms with Crippen LogP contribution >= 0.6 is 0 Å². The third-order valence-electron chi connectivity index (χ3n) is 5.19. The molecule has 9 nitrogen and oxygen atoms in total. The topological polar surface area (TPSA) is 108 Å². The molecule has 1 rings (SSSR count). The molecule has 0 aliphatic carbocycles. The predicted molar refractivity (Wildman–Crippen MR) is 126 cm³/mol. The Morgan fingerprint density at radius 1 is 0.941 bits per heavy atom. The molecule has 34 heavy (non-hydrogen) atoms. The quantitative estimate of drug-likeness (QED) is 0.392. The number of ether oxygens (including phenoxy) is 4. The summed E-state index contributed by atoms with van der Waals surface area (Å²) in [6.07, 6.45) is -1.72. The third-order valence-corrected chi connectivity index (χ3v) is 5.19. The molecule has 9 heteroatoms. The van der Waals surface area contributed by atoms with E-state index in [1.807, 2.05) is 27.7 Å². The predicted octanol–water partition coefficient (Wildman–Crippen LogP) is 3.43. The van der Waals surface area contributed by atoms with Gasteiger partial charge in [-0.25, -0.2) is 4.79 Å². The van der Waals surface area contributed by atoms with Crippen molar-refractivity contribution >= 4 is 23.8 Å². The Balaban J connectivity index is 3.08. The zero-order chi connectivity index (χ0) is 26.4. The molecule has 2 atom stereocenters. The van der Waals surface area contributed by atoms with Gasteiger partial charge in [0.25, 0.3) is 0 Å². The average molecular weight is 480 g/mol. The first-order valence-electron chi connectivity index (χ1n) is 11.1. The third kappa shape index (κ3) is 8.35. The molecule has 0 radical (unpaired) electrons. The lowest BCUT2D eigenvalue weighted by molar-refractivity contribution is -0.159. The molecular formula is C25H37NO8. The highest BCUT2D eigenvalue weighted by Crippen LogP contribution is 2.33. The van der Waals surface area contributed by atoms with Crippen molar-refractivity contribution in [3.05, 3.63) is 22.8 Å². The molecule has 2 unspecified atom stereocenters. The van der Waals surface area contributed by atoms with Gasteiger partial charge in [-0.1, -0.05) is 0 Å². The van der Waals surface area contributed by atoms with Gasteiger partial charge in [0, 0.05) is 26.3 Å². The molecule has 0 saturated carbocycles. The van der Waals surface area contributed by atoms with E-state index in [1.54, 1.807) is 24.8 Å². The van der Waals surface area contributed by atoms with Crippen LogP contribution < -0.4 is 9.47 Å². The van der Waals surface area contributed by atoms with Gasteiger partial charge in [-0.15, -0.1) is 0 Å². The monoisotopic (exact) mass is 479 g/mol. The van der Waals surface area contributed by atoms with Crippen LogP contribution in [0.3, 0.4) is 0 Å². The van der Waals surface area contributed by atoms with Crippen molar-refractivity contribution < 1.29 is 38.1 Å². The van der Waals surface area contributed by atoms with E-state index in [2.05, 4.69) is 0 Å². The van der Waals surface area contributed by atoms with Crippen LogP contribution in [-0.2, 0) is 28.7 Å². The van der Waals surface area contributed by atoms with Crippen molar-refractivity contribution in [2.24, 2.45) is 0 Å². The van der Waals surface area contributed by atoms with E-state index in [9.17, 15) is 19.2 Å². The SMILES string of the molecule is CC(=O)OC(COc1cc(C)c(OC(=O)C(C)OC(C)=O)c(C)c1C)CN(C(C)=O)C(C)(C)C. The molecule has 0 N–H and O–H groups in total. The summed E-state index contributed by atoms with van der Waals surface area (Å²) >= 11 is 0. The zero-order valence-electron chi connectivity index (χ0n) is 21.9. The summed E-state index contributed by atoms with van der Waals surface area (Å²) in [6.45, 7) is 16.7. The number of benzene rings is 1. The smallest absolute Gasteiger partial charge is 0.352 e. The minimum atomic E-state index is -1.04. The first-order chi connectivity index (χ1) is 15.5. The molecule has 0 aromatic heterocycles. The Labute approximate surface area is 201 Å². The summed E-state index contributed by atoms with van der Waals surface area (Å²) in [5.74, 6) is -0.974. The normalized spacial score (nSPS) is 12.9. The fourth-order valence-corrected chi connectivity index (χ4v) is 3.43. The summed E-state index contributed by atoms with van der Waals surface area (Å²) in [5.41, 5.74) is 1.60. The molecular weight excluding hydrogens is 442 g/mol. The molecule has 0 aliphatic rings. The molecule has 1 aromatic carbocycles. The van der Waals surface area contributed by atoms with Crippen LogP contribution in [0.1, 0.15) is 65.2 Å². The van der Waals surface area contributed by atoms with E-state index in [4.69, 9.17) is 18.9 Å². The molecule has 0 fully saturated rings. The van der Waals surface area contributed by atoms with Crippen molar-refractivity contribution in [1.29, 1.82) is 0 Å². The average Bonchev–Trinajstić information content (AvgIpc) is 2.68. The number of hydrogen-bond acceptors (Lipinski definition) is 8. The maximum absolute atomic E-state index is 12.3. The number of hydrogen-bond donors (Lipinski definition) is 0. The minimum Gasteiger partial charge on any atom is -0.489 e. The highest BCUT2D eigenvalue weighted by molar-refractivity contribution is 5.80. The van der Waals surface area contributed by atoms with Crippen molar-refractivity contribution in [3.8, 4) is 11.5 Å². The Bertz CT molecular complexity index is 932. The Kier molecular flexibility index (Phi) is 10.1. The number of aryl methyl sites for hydroxylation is 1. The second-order valence-corrected chi connectivity index (χ2v) is 9.29. The maximum Gasteiger partial charge on any atom is 0.352 e. The number of nitrogens with zero attached hydrogens (tertiary/aromatic N) is 1. The lowest BCUT2D eigenvalue weighted by atomic mass is 10.0. The molecule has 1 aromatic rings. The molecule has 0 saturated heterocycles. The van der Waals surface area contributed by atoms with Gasteiger partial charge in [0.15, 0.2) is 12.2 Å². The van der Waals surface area contributed by atoms with Gasteiger partial charge in [0.1, 0.15) is 18.1 Å². The van der Waals surface area contributed by atoms with Crippen LogP contribution in [0.5, 0.6) is 11.5 Å². The number of esters is 3. The first kappa shape index (κ1) is 28.9. The number of carbonyl (C=O) groups is 4. The highest BCUT2D eigenvalue weighted by Gasteiger charge is 2.29. The minimum absolute atomic E-state index is 0.0295. The molecule has 1 amide bonds. The lowest BCUT2D eigenvalue weighted by Gasteiger charge is -2.37. The van der Waals surface area contributed by atoms with Gasteiger partial charge in [-0.2, -0.15) is 0 Å². The van der Waals surface area contributed by atoms with Crippen molar-refractivity contribution in [2.75, 3.05) is 13.2 Å².